The Hall–Kier alpha value is -0.905. The van der Waals surface area contributed by atoms with E-state index in [4.69, 9.17) is 23.2 Å². The number of hydrogen-bond acceptors (Lipinski definition) is 3. The average molecular weight is 168 g/mol. The summed E-state index contributed by atoms with van der Waals surface area (Å²) < 4.78 is 12.8. The van der Waals surface area contributed by atoms with E-state index in [0.29, 0.717) is 0 Å². The highest BCUT2D eigenvalue weighted by Crippen LogP contribution is 2.16. The molecule has 0 aliphatic carbocycles. The van der Waals surface area contributed by atoms with E-state index in [0.717, 1.165) is 12.1 Å². The van der Waals surface area contributed by atoms with Crippen molar-refractivity contribution in [3.63, 3.8) is 0 Å². The van der Waals surface area contributed by atoms with Gasteiger partial charge in [0.25, 0.3) is 0 Å². The molecule has 62 valence electrons. The molecular formula is C7H6BFO3. The van der Waals surface area contributed by atoms with E-state index >= 15 is 0 Å². The first-order valence-corrected chi connectivity index (χ1v) is 3.14. The van der Waals surface area contributed by atoms with Gasteiger partial charge in [-0.3, -0.25) is 0 Å². The van der Waals surface area contributed by atoms with E-state index in [1.54, 1.807) is 0 Å². The summed E-state index contributed by atoms with van der Waals surface area (Å²) >= 11 is 0. The third-order valence-electron chi connectivity index (χ3n) is 1.35. The fourth-order valence-corrected chi connectivity index (χ4v) is 0.803. The van der Waals surface area contributed by atoms with E-state index in [2.05, 4.69) is 0 Å². The van der Waals surface area contributed by atoms with E-state index in [-0.39, 0.29) is 5.46 Å². The SMILES string of the molecule is [B]c1ccc(C(O)(O)O)c(F)c1. The zero-order chi connectivity index (χ0) is 9.35. The van der Waals surface area contributed by atoms with Gasteiger partial charge in [0, 0.05) is 0 Å². The summed E-state index contributed by atoms with van der Waals surface area (Å²) in [5.41, 5.74) is -0.489. The Morgan fingerprint density at radius 2 is 1.83 bits per heavy atom. The molecule has 0 aliphatic heterocycles. The molecule has 0 fully saturated rings. The summed E-state index contributed by atoms with van der Waals surface area (Å²) in [6.45, 7) is 0. The number of halogens is 1. The summed E-state index contributed by atoms with van der Waals surface area (Å²) in [6.07, 6.45) is 0. The van der Waals surface area contributed by atoms with Gasteiger partial charge >= 0.3 is 5.97 Å². The van der Waals surface area contributed by atoms with Gasteiger partial charge in [-0.25, -0.2) is 4.39 Å². The molecule has 12 heavy (non-hydrogen) atoms. The quantitative estimate of drug-likeness (QED) is 0.361. The minimum absolute atomic E-state index is 0.139. The Labute approximate surface area is 69.5 Å². The largest absolute Gasteiger partial charge is 0.340 e. The van der Waals surface area contributed by atoms with E-state index in [1.807, 2.05) is 0 Å². The van der Waals surface area contributed by atoms with Crippen LogP contribution in [0.5, 0.6) is 0 Å². The maximum Gasteiger partial charge on any atom is 0.307 e. The molecule has 1 aromatic carbocycles. The van der Waals surface area contributed by atoms with Crippen LogP contribution in [0.2, 0.25) is 0 Å². The van der Waals surface area contributed by atoms with Crippen molar-refractivity contribution in [3.05, 3.63) is 29.6 Å². The molecule has 5 heteroatoms. The second-order valence-corrected chi connectivity index (χ2v) is 2.37. The molecule has 1 aromatic rings. The molecule has 0 heterocycles. The molecule has 0 aromatic heterocycles. The van der Waals surface area contributed by atoms with Crippen molar-refractivity contribution in [2.24, 2.45) is 0 Å². The first kappa shape index (κ1) is 9.19. The predicted molar refractivity (Wildman–Crippen MR) is 40.1 cm³/mol. The first-order valence-electron chi connectivity index (χ1n) is 3.14. The number of aliphatic hydroxyl groups is 3. The molecule has 0 aliphatic rings. The highest BCUT2D eigenvalue weighted by molar-refractivity contribution is 6.32. The molecule has 0 unspecified atom stereocenters. The third kappa shape index (κ3) is 1.82. The van der Waals surface area contributed by atoms with Crippen molar-refractivity contribution in [2.75, 3.05) is 0 Å². The highest BCUT2D eigenvalue weighted by Gasteiger charge is 2.25. The summed E-state index contributed by atoms with van der Waals surface area (Å²) in [5, 5.41) is 25.8. The topological polar surface area (TPSA) is 60.7 Å². The van der Waals surface area contributed by atoms with E-state index in [9.17, 15) is 4.39 Å². The summed E-state index contributed by atoms with van der Waals surface area (Å²) in [5.74, 6) is -4.12. The van der Waals surface area contributed by atoms with Crippen molar-refractivity contribution in [3.8, 4) is 0 Å². The van der Waals surface area contributed by atoms with Gasteiger partial charge in [-0.15, -0.1) is 0 Å². The van der Waals surface area contributed by atoms with Crippen LogP contribution in [0.3, 0.4) is 0 Å². The molecule has 0 atom stereocenters. The maximum atomic E-state index is 12.8. The highest BCUT2D eigenvalue weighted by atomic mass is 19.1. The molecule has 0 saturated heterocycles. The summed E-state index contributed by atoms with van der Waals surface area (Å²) in [6, 6.07) is 3.12. The van der Waals surface area contributed by atoms with Crippen LogP contribution in [-0.4, -0.2) is 23.2 Å². The van der Waals surface area contributed by atoms with Crippen LogP contribution in [0.4, 0.5) is 4.39 Å². The minimum Gasteiger partial charge on any atom is -0.340 e. The molecule has 2 radical (unpaired) electrons. The molecule has 0 saturated carbocycles. The lowest BCUT2D eigenvalue weighted by atomic mass is 9.94. The van der Waals surface area contributed by atoms with Crippen molar-refractivity contribution in [1.82, 2.24) is 0 Å². The van der Waals surface area contributed by atoms with Crippen LogP contribution in [0.15, 0.2) is 18.2 Å². The van der Waals surface area contributed by atoms with Gasteiger partial charge in [-0.2, -0.15) is 0 Å². The summed E-state index contributed by atoms with van der Waals surface area (Å²) in [7, 11) is 5.19. The predicted octanol–water partition coefficient (Wildman–Crippen LogP) is -1.29. The Kier molecular flexibility index (Phi) is 2.19. The number of rotatable bonds is 1. The third-order valence-corrected chi connectivity index (χ3v) is 1.35. The lowest BCUT2D eigenvalue weighted by molar-refractivity contribution is -0.325. The second-order valence-electron chi connectivity index (χ2n) is 2.37. The van der Waals surface area contributed by atoms with Gasteiger partial charge in [-0.05, 0) is 12.1 Å². The Morgan fingerprint density at radius 3 is 2.25 bits per heavy atom. The molecule has 0 spiro atoms. The zero-order valence-electron chi connectivity index (χ0n) is 6.03. The maximum absolute atomic E-state index is 12.8. The van der Waals surface area contributed by atoms with Crippen molar-refractivity contribution < 1.29 is 19.7 Å². The van der Waals surface area contributed by atoms with Gasteiger partial charge < -0.3 is 15.3 Å². The van der Waals surface area contributed by atoms with Gasteiger partial charge in [0.15, 0.2) is 0 Å². The molecule has 3 nitrogen and oxygen atoms in total. The van der Waals surface area contributed by atoms with E-state index in [1.165, 1.54) is 6.07 Å². The van der Waals surface area contributed by atoms with Gasteiger partial charge in [0.2, 0.25) is 0 Å². The van der Waals surface area contributed by atoms with Crippen molar-refractivity contribution in [2.45, 2.75) is 5.97 Å². The zero-order valence-corrected chi connectivity index (χ0v) is 6.03. The Bertz CT molecular complexity index is 295. The lowest BCUT2D eigenvalue weighted by Crippen LogP contribution is -2.26. The fraction of sp³-hybridized carbons (Fsp3) is 0.143. The molecule has 0 amide bonds. The van der Waals surface area contributed by atoms with Crippen LogP contribution >= 0.6 is 0 Å². The van der Waals surface area contributed by atoms with Crippen molar-refractivity contribution in [1.29, 1.82) is 0 Å². The smallest absolute Gasteiger partial charge is 0.307 e. The Balaban J connectivity index is 3.19. The van der Waals surface area contributed by atoms with Gasteiger partial charge in [0.1, 0.15) is 13.7 Å². The van der Waals surface area contributed by atoms with Crippen LogP contribution in [0, 0.1) is 5.82 Å². The van der Waals surface area contributed by atoms with Crippen LogP contribution < -0.4 is 5.46 Å². The van der Waals surface area contributed by atoms with Crippen LogP contribution in [0.25, 0.3) is 0 Å². The minimum atomic E-state index is -3.15. The van der Waals surface area contributed by atoms with Gasteiger partial charge in [0.05, 0.1) is 5.56 Å². The van der Waals surface area contributed by atoms with Crippen LogP contribution in [0.1, 0.15) is 5.56 Å². The molecule has 0 bridgehead atoms. The van der Waals surface area contributed by atoms with Crippen molar-refractivity contribution >= 4 is 13.3 Å². The average Bonchev–Trinajstić information content (AvgIpc) is 1.83. The van der Waals surface area contributed by atoms with Crippen LogP contribution in [-0.2, 0) is 5.97 Å². The Morgan fingerprint density at radius 1 is 1.25 bits per heavy atom. The number of benzene rings is 1. The molecule has 1 rings (SSSR count). The van der Waals surface area contributed by atoms with E-state index < -0.39 is 17.4 Å². The summed E-state index contributed by atoms with van der Waals surface area (Å²) in [4.78, 5) is 0. The number of hydrogen-bond donors (Lipinski definition) is 3. The monoisotopic (exact) mass is 168 g/mol. The molecule has 3 N–H and O–H groups in total. The molecular weight excluding hydrogens is 162 g/mol. The first-order chi connectivity index (χ1) is 5.41. The lowest BCUT2D eigenvalue weighted by Gasteiger charge is -2.14. The van der Waals surface area contributed by atoms with Gasteiger partial charge in [-0.1, -0.05) is 11.5 Å². The normalized spacial score (nSPS) is 11.7. The standard InChI is InChI=1S/C7H6BFO3/c8-4-1-2-5(6(9)3-4)7(10,11)12/h1-3,10-12H. The second kappa shape index (κ2) is 2.86. The fourth-order valence-electron chi connectivity index (χ4n) is 0.803.